The number of morpholine rings is 1. The second-order valence-corrected chi connectivity index (χ2v) is 4.88. The van der Waals surface area contributed by atoms with E-state index in [1.54, 1.807) is 0 Å². The first-order chi connectivity index (χ1) is 9.42. The third-order valence-electron chi connectivity index (χ3n) is 3.74. The molecule has 19 heavy (non-hydrogen) atoms. The highest BCUT2D eigenvalue weighted by Crippen LogP contribution is 2.31. The number of hydrogen-bond donors (Lipinski definition) is 0. The molecular weight excluding hydrogens is 238 g/mol. The van der Waals surface area contributed by atoms with E-state index in [0.29, 0.717) is 0 Å². The van der Waals surface area contributed by atoms with Crippen LogP contribution in [0.2, 0.25) is 0 Å². The molecule has 0 bridgehead atoms. The molecule has 1 saturated heterocycles. The van der Waals surface area contributed by atoms with E-state index in [9.17, 15) is 0 Å². The van der Waals surface area contributed by atoms with Crippen molar-refractivity contribution < 1.29 is 9.15 Å². The van der Waals surface area contributed by atoms with Crippen molar-refractivity contribution in [2.75, 3.05) is 31.2 Å². The predicted octanol–water partition coefficient (Wildman–Crippen LogP) is 3.42. The molecule has 1 fully saturated rings. The van der Waals surface area contributed by atoms with E-state index in [1.807, 2.05) is 18.2 Å². The van der Waals surface area contributed by atoms with Gasteiger partial charge in [-0.2, -0.15) is 0 Å². The maximum Gasteiger partial charge on any atom is 0.137 e. The van der Waals surface area contributed by atoms with Crippen LogP contribution in [0, 0.1) is 0 Å². The van der Waals surface area contributed by atoms with Gasteiger partial charge in [-0.25, -0.2) is 0 Å². The highest BCUT2D eigenvalue weighted by atomic mass is 16.5. The lowest BCUT2D eigenvalue weighted by molar-refractivity contribution is 0.122. The van der Waals surface area contributed by atoms with Gasteiger partial charge >= 0.3 is 0 Å². The van der Waals surface area contributed by atoms with E-state index in [0.717, 1.165) is 37.5 Å². The monoisotopic (exact) mass is 253 g/mol. The molecule has 0 spiro atoms. The number of hydrogen-bond acceptors (Lipinski definition) is 3. The quantitative estimate of drug-likeness (QED) is 0.664. The number of rotatable bonds is 1. The highest BCUT2D eigenvalue weighted by Gasteiger charge is 2.13. The fourth-order valence-corrected chi connectivity index (χ4v) is 2.73. The van der Waals surface area contributed by atoms with Crippen LogP contribution in [-0.2, 0) is 4.74 Å². The number of ether oxygens (including phenoxy) is 1. The van der Waals surface area contributed by atoms with Crippen LogP contribution in [0.1, 0.15) is 0 Å². The lowest BCUT2D eigenvalue weighted by atomic mass is 10.1. The molecule has 96 valence electrons. The van der Waals surface area contributed by atoms with Crippen molar-refractivity contribution in [3.63, 3.8) is 0 Å². The average molecular weight is 253 g/mol. The third kappa shape index (κ3) is 1.78. The molecule has 0 unspecified atom stereocenters. The van der Waals surface area contributed by atoms with Crippen LogP contribution in [0.4, 0.5) is 5.69 Å². The van der Waals surface area contributed by atoms with Crippen molar-refractivity contribution in [3.8, 4) is 0 Å². The van der Waals surface area contributed by atoms with Crippen LogP contribution < -0.4 is 4.90 Å². The van der Waals surface area contributed by atoms with Gasteiger partial charge in [0.25, 0.3) is 0 Å². The Morgan fingerprint density at radius 3 is 2.53 bits per heavy atom. The molecule has 3 nitrogen and oxygen atoms in total. The smallest absolute Gasteiger partial charge is 0.137 e. The Morgan fingerprint density at radius 2 is 1.63 bits per heavy atom. The molecule has 1 aromatic heterocycles. The van der Waals surface area contributed by atoms with Gasteiger partial charge in [-0.05, 0) is 18.2 Å². The van der Waals surface area contributed by atoms with Crippen molar-refractivity contribution in [3.05, 3.63) is 42.5 Å². The molecule has 1 aliphatic rings. The fraction of sp³-hybridized carbons (Fsp3) is 0.250. The molecule has 3 heteroatoms. The average Bonchev–Trinajstić information content (AvgIpc) is 2.86. The van der Waals surface area contributed by atoms with Gasteiger partial charge in [-0.1, -0.05) is 18.2 Å². The number of fused-ring (bicyclic) bond motifs is 3. The van der Waals surface area contributed by atoms with Crippen LogP contribution >= 0.6 is 0 Å². The fourth-order valence-electron chi connectivity index (χ4n) is 2.73. The first kappa shape index (κ1) is 10.9. The van der Waals surface area contributed by atoms with Gasteiger partial charge in [-0.15, -0.1) is 0 Å². The summed E-state index contributed by atoms with van der Waals surface area (Å²) in [6.45, 7) is 3.51. The lowest BCUT2D eigenvalue weighted by Crippen LogP contribution is -2.36. The molecule has 0 atom stereocenters. The Morgan fingerprint density at radius 1 is 0.842 bits per heavy atom. The number of furan rings is 1. The normalized spacial score (nSPS) is 16.3. The summed E-state index contributed by atoms with van der Waals surface area (Å²) in [6.07, 6.45) is 0. The Balaban J connectivity index is 1.84. The zero-order valence-corrected chi connectivity index (χ0v) is 10.6. The summed E-state index contributed by atoms with van der Waals surface area (Å²) in [4.78, 5) is 2.34. The molecule has 2 aromatic carbocycles. The van der Waals surface area contributed by atoms with Crippen molar-refractivity contribution in [2.45, 2.75) is 0 Å². The number of anilines is 1. The van der Waals surface area contributed by atoms with Crippen LogP contribution in [0.15, 0.2) is 46.9 Å². The summed E-state index contributed by atoms with van der Waals surface area (Å²) in [5.74, 6) is 0. The predicted molar refractivity (Wildman–Crippen MR) is 76.8 cm³/mol. The van der Waals surface area contributed by atoms with Crippen LogP contribution in [0.5, 0.6) is 0 Å². The molecule has 0 amide bonds. The van der Waals surface area contributed by atoms with E-state index in [1.165, 1.54) is 16.5 Å². The Bertz CT molecular complexity index is 726. The second kappa shape index (κ2) is 4.28. The van der Waals surface area contributed by atoms with Crippen molar-refractivity contribution in [1.82, 2.24) is 0 Å². The Hall–Kier alpha value is -2.00. The first-order valence-electron chi connectivity index (χ1n) is 6.66. The number of para-hydroxylation sites is 1. The van der Waals surface area contributed by atoms with E-state index in [4.69, 9.17) is 9.15 Å². The van der Waals surface area contributed by atoms with Crippen LogP contribution in [-0.4, -0.2) is 26.3 Å². The molecule has 0 aliphatic carbocycles. The third-order valence-corrected chi connectivity index (χ3v) is 3.74. The minimum Gasteiger partial charge on any atom is -0.456 e. The van der Waals surface area contributed by atoms with Gasteiger partial charge in [0.1, 0.15) is 11.2 Å². The zero-order valence-electron chi connectivity index (χ0n) is 10.6. The summed E-state index contributed by atoms with van der Waals surface area (Å²) >= 11 is 0. The zero-order chi connectivity index (χ0) is 12.7. The van der Waals surface area contributed by atoms with Gasteiger partial charge in [0.2, 0.25) is 0 Å². The van der Waals surface area contributed by atoms with Gasteiger partial charge in [0.15, 0.2) is 0 Å². The molecule has 0 N–H and O–H groups in total. The maximum atomic E-state index is 5.93. The molecule has 0 radical (unpaired) electrons. The Labute approximate surface area is 111 Å². The van der Waals surface area contributed by atoms with E-state index in [2.05, 4.69) is 29.2 Å². The summed E-state index contributed by atoms with van der Waals surface area (Å²) in [5.41, 5.74) is 3.14. The molecule has 2 heterocycles. The first-order valence-corrected chi connectivity index (χ1v) is 6.66. The van der Waals surface area contributed by atoms with Crippen LogP contribution in [0.3, 0.4) is 0 Å². The van der Waals surface area contributed by atoms with E-state index < -0.39 is 0 Å². The molecule has 3 aromatic rings. The SMILES string of the molecule is c1ccc2c(c1)oc1cc(N3CCOCC3)ccc12. The minimum atomic E-state index is 0.804. The van der Waals surface area contributed by atoms with E-state index >= 15 is 0 Å². The molecule has 4 rings (SSSR count). The van der Waals surface area contributed by atoms with Gasteiger partial charge in [-0.3, -0.25) is 0 Å². The van der Waals surface area contributed by atoms with Gasteiger partial charge in [0.05, 0.1) is 13.2 Å². The number of benzene rings is 2. The van der Waals surface area contributed by atoms with Gasteiger partial charge < -0.3 is 14.1 Å². The highest BCUT2D eigenvalue weighted by molar-refractivity contribution is 6.05. The van der Waals surface area contributed by atoms with Crippen LogP contribution in [0.25, 0.3) is 21.9 Å². The maximum absolute atomic E-state index is 5.93. The topological polar surface area (TPSA) is 25.6 Å². The standard InChI is InChI=1S/C16H15NO2/c1-2-4-15-13(3-1)14-6-5-12(11-16(14)19-15)17-7-9-18-10-8-17/h1-6,11H,7-10H2. The van der Waals surface area contributed by atoms with E-state index in [-0.39, 0.29) is 0 Å². The lowest BCUT2D eigenvalue weighted by Gasteiger charge is -2.28. The molecule has 0 saturated carbocycles. The van der Waals surface area contributed by atoms with Crippen molar-refractivity contribution in [1.29, 1.82) is 0 Å². The summed E-state index contributed by atoms with van der Waals surface area (Å²) in [5, 5.41) is 2.37. The minimum absolute atomic E-state index is 0.804. The summed E-state index contributed by atoms with van der Waals surface area (Å²) < 4.78 is 11.3. The Kier molecular flexibility index (Phi) is 2.45. The largest absolute Gasteiger partial charge is 0.456 e. The molecule has 1 aliphatic heterocycles. The molecular formula is C16H15NO2. The van der Waals surface area contributed by atoms with Crippen molar-refractivity contribution >= 4 is 27.6 Å². The second-order valence-electron chi connectivity index (χ2n) is 4.88. The van der Waals surface area contributed by atoms with Gasteiger partial charge in [0, 0.05) is 35.6 Å². The summed E-state index contributed by atoms with van der Waals surface area (Å²) in [6, 6.07) is 14.7. The summed E-state index contributed by atoms with van der Waals surface area (Å²) in [7, 11) is 0. The van der Waals surface area contributed by atoms with Crippen molar-refractivity contribution in [2.24, 2.45) is 0 Å². The number of nitrogens with zero attached hydrogens (tertiary/aromatic N) is 1.